The maximum absolute atomic E-state index is 12.4. The fourth-order valence-electron chi connectivity index (χ4n) is 2.28. The SMILES string of the molecule is CC(=O)OCC(O)C(O)C(O)COn1ccc(=O)n(OCC(O)C(O)C(O)COC(C)=O)c1=O. The van der Waals surface area contributed by atoms with Gasteiger partial charge in [-0.2, -0.15) is 0 Å². The van der Waals surface area contributed by atoms with Crippen LogP contribution in [0.2, 0.25) is 0 Å². The number of hydrogen-bond acceptors (Lipinski definition) is 14. The van der Waals surface area contributed by atoms with Crippen molar-refractivity contribution in [1.82, 2.24) is 9.46 Å². The smallest absolute Gasteiger partial charge is 0.397 e. The number of aromatic nitrogens is 2. The zero-order valence-corrected chi connectivity index (χ0v) is 18.3. The first kappa shape index (κ1) is 29.0. The Morgan fingerprint density at radius 2 is 1.18 bits per heavy atom. The summed E-state index contributed by atoms with van der Waals surface area (Å²) >= 11 is 0. The summed E-state index contributed by atoms with van der Waals surface area (Å²) in [6.45, 7) is -0.675. The number of aliphatic hydroxyl groups is 6. The van der Waals surface area contributed by atoms with E-state index >= 15 is 0 Å². The van der Waals surface area contributed by atoms with Crippen LogP contribution in [0.3, 0.4) is 0 Å². The first-order chi connectivity index (χ1) is 15.8. The molecule has 1 rings (SSSR count). The van der Waals surface area contributed by atoms with E-state index < -0.39 is 86.2 Å². The van der Waals surface area contributed by atoms with Crippen molar-refractivity contribution in [3.63, 3.8) is 0 Å². The number of nitrogens with zero attached hydrogens (tertiary/aromatic N) is 2. The average Bonchev–Trinajstić information content (AvgIpc) is 2.78. The summed E-state index contributed by atoms with van der Waals surface area (Å²) in [5.74, 6) is -1.45. The molecule has 6 atom stereocenters. The van der Waals surface area contributed by atoms with Crippen LogP contribution >= 0.6 is 0 Å². The summed E-state index contributed by atoms with van der Waals surface area (Å²) in [5, 5.41) is 58.8. The molecule has 0 aliphatic rings. The second kappa shape index (κ2) is 13.6. The molecule has 16 heteroatoms. The number of carbonyl (C=O) groups excluding carboxylic acids is 2. The molecule has 0 amide bonds. The molecule has 6 N–H and O–H groups in total. The van der Waals surface area contributed by atoms with E-state index in [2.05, 4.69) is 9.47 Å². The minimum atomic E-state index is -1.85. The predicted octanol–water partition coefficient (Wildman–Crippen LogP) is -5.84. The summed E-state index contributed by atoms with van der Waals surface area (Å²) < 4.78 is 9.58. The maximum atomic E-state index is 12.4. The van der Waals surface area contributed by atoms with Crippen LogP contribution < -0.4 is 20.9 Å². The molecule has 0 bridgehead atoms. The Morgan fingerprint density at radius 3 is 1.62 bits per heavy atom. The normalized spacial score (nSPS) is 16.5. The van der Waals surface area contributed by atoms with Gasteiger partial charge in [-0.15, -0.1) is 4.73 Å². The number of hydrogen-bond donors (Lipinski definition) is 6. The molecule has 6 unspecified atom stereocenters. The van der Waals surface area contributed by atoms with E-state index in [4.69, 9.17) is 9.68 Å². The van der Waals surface area contributed by atoms with Crippen LogP contribution in [0.15, 0.2) is 21.9 Å². The fraction of sp³-hybridized carbons (Fsp3) is 0.667. The Hall–Kier alpha value is -3.02. The number of rotatable bonds is 14. The summed E-state index contributed by atoms with van der Waals surface area (Å²) in [5.41, 5.74) is -2.24. The highest BCUT2D eigenvalue weighted by Gasteiger charge is 2.28. The van der Waals surface area contributed by atoms with E-state index in [0.29, 0.717) is 4.73 Å². The molecule has 34 heavy (non-hydrogen) atoms. The van der Waals surface area contributed by atoms with Crippen LogP contribution in [-0.4, -0.2) is 115 Å². The molecule has 16 nitrogen and oxygen atoms in total. The topological polar surface area (TPSA) is 236 Å². The van der Waals surface area contributed by atoms with Crippen LogP contribution in [0.1, 0.15) is 13.8 Å². The summed E-state index contributed by atoms with van der Waals surface area (Å²) in [4.78, 5) is 55.6. The number of ether oxygens (including phenoxy) is 2. The van der Waals surface area contributed by atoms with E-state index in [0.717, 1.165) is 26.1 Å². The second-order valence-electron chi connectivity index (χ2n) is 7.00. The Morgan fingerprint density at radius 1 is 0.765 bits per heavy atom. The van der Waals surface area contributed by atoms with Crippen LogP contribution in [-0.2, 0) is 19.1 Å². The van der Waals surface area contributed by atoms with Gasteiger partial charge in [0.05, 0.1) is 6.20 Å². The zero-order valence-electron chi connectivity index (χ0n) is 18.3. The van der Waals surface area contributed by atoms with Gasteiger partial charge in [0.1, 0.15) is 63.1 Å². The lowest BCUT2D eigenvalue weighted by molar-refractivity contribution is -0.151. The van der Waals surface area contributed by atoms with Gasteiger partial charge in [-0.05, 0) is 0 Å². The molecule has 0 spiro atoms. The highest BCUT2D eigenvalue weighted by atomic mass is 16.7. The third-order valence-corrected chi connectivity index (χ3v) is 4.17. The lowest BCUT2D eigenvalue weighted by Gasteiger charge is -2.23. The number of esters is 2. The lowest BCUT2D eigenvalue weighted by Crippen LogP contribution is -2.50. The highest BCUT2D eigenvalue weighted by Crippen LogP contribution is 2.02. The van der Waals surface area contributed by atoms with Gasteiger partial charge in [-0.3, -0.25) is 14.4 Å². The Balaban J connectivity index is 2.74. The third kappa shape index (κ3) is 9.08. The van der Waals surface area contributed by atoms with E-state index in [1.165, 1.54) is 0 Å². The Bertz CT molecular complexity index is 915. The first-order valence-electron chi connectivity index (χ1n) is 9.81. The van der Waals surface area contributed by atoms with E-state index in [1.807, 2.05) is 0 Å². The Kier molecular flexibility index (Phi) is 11.6. The predicted molar refractivity (Wildman–Crippen MR) is 107 cm³/mol. The van der Waals surface area contributed by atoms with E-state index in [-0.39, 0.29) is 4.73 Å². The quantitative estimate of drug-likeness (QED) is 0.132. The molecule has 0 fully saturated rings. The molecular weight excluding hydrogens is 468 g/mol. The van der Waals surface area contributed by atoms with Gasteiger partial charge in [-0.25, -0.2) is 4.79 Å². The molecular formula is C18H28N2O14. The average molecular weight is 496 g/mol. The lowest BCUT2D eigenvalue weighted by atomic mass is 10.1. The van der Waals surface area contributed by atoms with Gasteiger partial charge in [-0.1, -0.05) is 4.73 Å². The summed E-state index contributed by atoms with van der Waals surface area (Å²) in [6, 6.07) is 0.818. The summed E-state index contributed by atoms with van der Waals surface area (Å²) in [7, 11) is 0. The van der Waals surface area contributed by atoms with Crippen molar-refractivity contribution in [1.29, 1.82) is 0 Å². The monoisotopic (exact) mass is 496 g/mol. The van der Waals surface area contributed by atoms with Crippen molar-refractivity contribution in [2.24, 2.45) is 0 Å². The van der Waals surface area contributed by atoms with Crippen molar-refractivity contribution in [3.05, 3.63) is 33.1 Å². The highest BCUT2D eigenvalue weighted by molar-refractivity contribution is 5.66. The molecule has 1 aromatic rings. The van der Waals surface area contributed by atoms with E-state index in [1.54, 1.807) is 0 Å². The van der Waals surface area contributed by atoms with Crippen molar-refractivity contribution >= 4 is 11.9 Å². The third-order valence-electron chi connectivity index (χ3n) is 4.17. The zero-order chi connectivity index (χ0) is 26.0. The van der Waals surface area contributed by atoms with Crippen LogP contribution in [0.5, 0.6) is 0 Å². The number of carbonyl (C=O) groups is 2. The van der Waals surface area contributed by atoms with Gasteiger partial charge in [0.15, 0.2) is 0 Å². The van der Waals surface area contributed by atoms with Gasteiger partial charge in [0, 0.05) is 19.9 Å². The van der Waals surface area contributed by atoms with E-state index in [9.17, 15) is 49.8 Å². The second-order valence-corrected chi connectivity index (χ2v) is 7.00. The molecule has 0 saturated heterocycles. The van der Waals surface area contributed by atoms with Crippen LogP contribution in [0, 0.1) is 0 Å². The first-order valence-corrected chi connectivity index (χ1v) is 9.81. The van der Waals surface area contributed by atoms with Crippen molar-refractivity contribution in [3.8, 4) is 0 Å². The molecule has 0 radical (unpaired) electrons. The van der Waals surface area contributed by atoms with Gasteiger partial charge in [0.2, 0.25) is 0 Å². The largest absolute Gasteiger partial charge is 0.463 e. The van der Waals surface area contributed by atoms with Crippen molar-refractivity contribution in [2.75, 3.05) is 26.4 Å². The van der Waals surface area contributed by atoms with Crippen LogP contribution in [0.4, 0.5) is 0 Å². The minimum Gasteiger partial charge on any atom is -0.463 e. The van der Waals surface area contributed by atoms with Crippen LogP contribution in [0.25, 0.3) is 0 Å². The molecule has 0 aliphatic carbocycles. The van der Waals surface area contributed by atoms with Crippen molar-refractivity contribution < 1.29 is 59.4 Å². The molecule has 1 aromatic heterocycles. The Labute approximate surface area is 191 Å². The molecule has 0 saturated carbocycles. The minimum absolute atomic E-state index is 0.146. The van der Waals surface area contributed by atoms with Gasteiger partial charge >= 0.3 is 17.6 Å². The van der Waals surface area contributed by atoms with Gasteiger partial charge in [0.25, 0.3) is 5.56 Å². The fourth-order valence-corrected chi connectivity index (χ4v) is 2.28. The standard InChI is InChI=1S/C18H28N2O14/c1-9(21)31-5-11(23)16(28)13(25)7-33-19-4-3-15(27)20(18(19)30)34-8-14(26)17(29)12(24)6-32-10(2)22/h3-4,11-14,16-17,23-26,28-29H,5-8H2,1-2H3. The molecule has 194 valence electrons. The number of aliphatic hydroxyl groups excluding tert-OH is 6. The van der Waals surface area contributed by atoms with Crippen molar-refractivity contribution in [2.45, 2.75) is 50.5 Å². The van der Waals surface area contributed by atoms with Gasteiger partial charge < -0.3 is 49.8 Å². The summed E-state index contributed by atoms with van der Waals surface area (Å²) in [6.07, 6.45) is -9.68. The molecule has 0 aliphatic heterocycles. The molecule has 0 aromatic carbocycles. The maximum Gasteiger partial charge on any atom is 0.397 e. The molecule has 1 heterocycles.